The van der Waals surface area contributed by atoms with Gasteiger partial charge in [0.05, 0.1) is 13.7 Å². The number of hydrogen-bond donors (Lipinski definition) is 0. The smallest absolute Gasteiger partial charge is 0.339 e. The largest absolute Gasteiger partial charge is 0.497 e. The van der Waals surface area contributed by atoms with Gasteiger partial charge < -0.3 is 14.2 Å². The van der Waals surface area contributed by atoms with Crippen LogP contribution in [0.5, 0.6) is 5.75 Å². The third-order valence-electron chi connectivity index (χ3n) is 4.12. The van der Waals surface area contributed by atoms with Gasteiger partial charge in [-0.3, -0.25) is 0 Å². The molecule has 4 nitrogen and oxygen atoms in total. The van der Waals surface area contributed by atoms with Crippen molar-refractivity contribution in [1.29, 1.82) is 0 Å². The van der Waals surface area contributed by atoms with E-state index >= 15 is 0 Å². The first-order chi connectivity index (χ1) is 11.1. The second-order valence-electron chi connectivity index (χ2n) is 5.58. The molecule has 2 aromatic rings. The first-order valence-electron chi connectivity index (χ1n) is 7.68. The van der Waals surface area contributed by atoms with E-state index in [1.807, 2.05) is 55.5 Å². The molecule has 2 atom stereocenters. The maximum Gasteiger partial charge on any atom is 0.339 e. The van der Waals surface area contributed by atoms with E-state index in [2.05, 4.69) is 0 Å². The normalized spacial score (nSPS) is 22.5. The average Bonchev–Trinajstić information content (AvgIpc) is 3.33. The Morgan fingerprint density at radius 1 is 1.09 bits per heavy atom. The Bertz CT molecular complexity index is 690. The van der Waals surface area contributed by atoms with E-state index in [-0.39, 0.29) is 5.97 Å². The molecule has 0 radical (unpaired) electrons. The first kappa shape index (κ1) is 15.6. The van der Waals surface area contributed by atoms with Crippen molar-refractivity contribution in [3.05, 3.63) is 65.2 Å². The van der Waals surface area contributed by atoms with Crippen LogP contribution in [-0.2, 0) is 19.9 Å². The molecular weight excluding hydrogens is 292 g/mol. The predicted molar refractivity (Wildman–Crippen MR) is 86.5 cm³/mol. The molecule has 1 saturated heterocycles. The molecule has 120 valence electrons. The molecule has 0 amide bonds. The zero-order chi connectivity index (χ0) is 16.4. The second kappa shape index (κ2) is 6.05. The van der Waals surface area contributed by atoms with E-state index in [0.717, 1.165) is 22.4 Å². The van der Waals surface area contributed by atoms with Crippen LogP contribution in [0, 0.1) is 6.92 Å². The Kier molecular flexibility index (Phi) is 4.09. The third-order valence-corrected chi connectivity index (χ3v) is 4.12. The number of carbonyl (C=O) groups is 1. The lowest BCUT2D eigenvalue weighted by molar-refractivity contribution is -0.144. The minimum atomic E-state index is -0.772. The van der Waals surface area contributed by atoms with E-state index in [1.54, 1.807) is 14.0 Å². The number of hydrogen-bond acceptors (Lipinski definition) is 4. The average molecular weight is 312 g/mol. The lowest BCUT2D eigenvalue weighted by Gasteiger charge is -2.15. The molecule has 3 rings (SSSR count). The summed E-state index contributed by atoms with van der Waals surface area (Å²) in [5.41, 5.74) is 2.25. The number of ether oxygens (including phenoxy) is 3. The van der Waals surface area contributed by atoms with Crippen molar-refractivity contribution in [3.63, 3.8) is 0 Å². The van der Waals surface area contributed by atoms with E-state index in [4.69, 9.17) is 14.2 Å². The number of epoxide rings is 1. The molecule has 4 heteroatoms. The first-order valence-corrected chi connectivity index (χ1v) is 7.68. The highest BCUT2D eigenvalue weighted by molar-refractivity contribution is 5.81. The van der Waals surface area contributed by atoms with Crippen molar-refractivity contribution in [2.45, 2.75) is 25.6 Å². The molecule has 0 N–H and O–H groups in total. The van der Waals surface area contributed by atoms with Crippen LogP contribution in [0.4, 0.5) is 0 Å². The van der Waals surface area contributed by atoms with Gasteiger partial charge in [0.25, 0.3) is 0 Å². The van der Waals surface area contributed by atoms with Gasteiger partial charge in [0.2, 0.25) is 0 Å². The second-order valence-corrected chi connectivity index (χ2v) is 5.58. The predicted octanol–water partition coefficient (Wildman–Crippen LogP) is 3.21. The molecule has 0 bridgehead atoms. The van der Waals surface area contributed by atoms with Gasteiger partial charge in [0.1, 0.15) is 5.75 Å². The lowest BCUT2D eigenvalue weighted by Crippen LogP contribution is -2.22. The summed E-state index contributed by atoms with van der Waals surface area (Å²) in [6, 6.07) is 15.6. The Morgan fingerprint density at radius 2 is 1.65 bits per heavy atom. The van der Waals surface area contributed by atoms with Gasteiger partial charge in [-0.05, 0) is 37.1 Å². The van der Waals surface area contributed by atoms with E-state index in [1.165, 1.54) is 0 Å². The molecule has 1 aliphatic heterocycles. The summed E-state index contributed by atoms with van der Waals surface area (Å²) < 4.78 is 16.2. The van der Waals surface area contributed by atoms with E-state index in [0.29, 0.717) is 6.61 Å². The molecular formula is C19H20O4. The third kappa shape index (κ3) is 2.70. The van der Waals surface area contributed by atoms with Gasteiger partial charge in [-0.2, -0.15) is 0 Å². The van der Waals surface area contributed by atoms with Crippen molar-refractivity contribution < 1.29 is 19.0 Å². The van der Waals surface area contributed by atoms with Crippen LogP contribution in [-0.4, -0.2) is 25.8 Å². The van der Waals surface area contributed by atoms with Crippen LogP contribution in [0.1, 0.15) is 23.6 Å². The van der Waals surface area contributed by atoms with Crippen LogP contribution in [0.15, 0.2) is 48.5 Å². The monoisotopic (exact) mass is 312 g/mol. The number of benzene rings is 2. The Labute approximate surface area is 136 Å². The minimum absolute atomic E-state index is 0.330. The van der Waals surface area contributed by atoms with Crippen LogP contribution >= 0.6 is 0 Å². The Balaban J connectivity index is 2.01. The van der Waals surface area contributed by atoms with E-state index < -0.39 is 11.7 Å². The molecule has 1 fully saturated rings. The summed E-state index contributed by atoms with van der Waals surface area (Å²) in [7, 11) is 1.62. The quantitative estimate of drug-likeness (QED) is 0.628. The standard InChI is InChI=1S/C19H20O4/c1-4-22-18(20)17-19(23-17,14-7-5-13(2)6-8-14)15-9-11-16(21-3)12-10-15/h5-12,17H,4H2,1-3H3. The zero-order valence-corrected chi connectivity index (χ0v) is 13.5. The molecule has 1 aliphatic rings. The van der Waals surface area contributed by atoms with Crippen LogP contribution in [0.3, 0.4) is 0 Å². The summed E-state index contributed by atoms with van der Waals surface area (Å²) >= 11 is 0. The van der Waals surface area contributed by atoms with Crippen molar-refractivity contribution in [3.8, 4) is 5.75 Å². The summed E-state index contributed by atoms with van der Waals surface area (Å²) in [5, 5.41) is 0. The number of aryl methyl sites for hydroxylation is 1. The van der Waals surface area contributed by atoms with E-state index in [9.17, 15) is 4.79 Å². The number of carbonyl (C=O) groups excluding carboxylic acids is 1. The lowest BCUT2D eigenvalue weighted by atomic mass is 9.87. The Hall–Kier alpha value is -2.33. The molecule has 23 heavy (non-hydrogen) atoms. The highest BCUT2D eigenvalue weighted by atomic mass is 16.7. The van der Waals surface area contributed by atoms with Gasteiger partial charge in [0, 0.05) is 0 Å². The summed E-state index contributed by atoms with van der Waals surface area (Å²) in [4.78, 5) is 12.2. The molecule has 0 spiro atoms. The summed E-state index contributed by atoms with van der Waals surface area (Å²) in [6.07, 6.45) is -0.612. The maximum atomic E-state index is 12.2. The Morgan fingerprint density at radius 3 is 2.17 bits per heavy atom. The summed E-state index contributed by atoms with van der Waals surface area (Å²) in [5.74, 6) is 0.435. The molecule has 0 aliphatic carbocycles. The zero-order valence-electron chi connectivity index (χ0n) is 13.5. The van der Waals surface area contributed by atoms with Crippen LogP contribution in [0.25, 0.3) is 0 Å². The van der Waals surface area contributed by atoms with Crippen molar-refractivity contribution in [2.24, 2.45) is 0 Å². The van der Waals surface area contributed by atoms with Crippen LogP contribution < -0.4 is 4.74 Å². The number of esters is 1. The van der Waals surface area contributed by atoms with Gasteiger partial charge in [-0.25, -0.2) is 4.79 Å². The van der Waals surface area contributed by atoms with Crippen LogP contribution in [0.2, 0.25) is 0 Å². The van der Waals surface area contributed by atoms with Gasteiger partial charge >= 0.3 is 5.97 Å². The highest BCUT2D eigenvalue weighted by Crippen LogP contribution is 2.52. The molecule has 2 unspecified atom stereocenters. The SMILES string of the molecule is CCOC(=O)C1OC1(c1ccc(C)cc1)c1ccc(OC)cc1. The maximum absolute atomic E-state index is 12.2. The van der Waals surface area contributed by atoms with Crippen molar-refractivity contribution in [1.82, 2.24) is 0 Å². The van der Waals surface area contributed by atoms with Crippen molar-refractivity contribution >= 4 is 5.97 Å². The minimum Gasteiger partial charge on any atom is -0.497 e. The highest BCUT2D eigenvalue weighted by Gasteiger charge is 2.64. The fourth-order valence-electron chi connectivity index (χ4n) is 2.83. The number of methoxy groups -OCH3 is 1. The topological polar surface area (TPSA) is 48.1 Å². The van der Waals surface area contributed by atoms with Crippen molar-refractivity contribution in [2.75, 3.05) is 13.7 Å². The molecule has 0 saturated carbocycles. The molecule has 1 heterocycles. The molecule has 2 aromatic carbocycles. The fraction of sp³-hybridized carbons (Fsp3) is 0.316. The number of rotatable bonds is 5. The molecule has 0 aromatic heterocycles. The fourth-order valence-corrected chi connectivity index (χ4v) is 2.83. The van der Waals surface area contributed by atoms with Gasteiger partial charge in [-0.1, -0.05) is 42.0 Å². The van der Waals surface area contributed by atoms with Gasteiger partial charge in [-0.15, -0.1) is 0 Å². The van der Waals surface area contributed by atoms with Gasteiger partial charge in [0.15, 0.2) is 11.7 Å². The summed E-state index contributed by atoms with van der Waals surface area (Å²) in [6.45, 7) is 4.16.